The van der Waals surface area contributed by atoms with Crippen LogP contribution in [0.2, 0.25) is 0 Å². The number of nitrogens with zero attached hydrogens (tertiary/aromatic N) is 1. The number of alkyl halides is 1. The minimum Gasteiger partial charge on any atom is -0.457 e. The number of hydrogen-bond acceptors (Lipinski definition) is 5. The molecule has 0 unspecified atom stereocenters. The minimum atomic E-state index is -0.231. The lowest BCUT2D eigenvalue weighted by molar-refractivity contribution is -0.149. The Labute approximate surface area is 214 Å². The molecular formula is C28H32BrNO5. The number of esters is 1. The van der Waals surface area contributed by atoms with Crippen molar-refractivity contribution in [2.24, 2.45) is 17.3 Å². The molecule has 0 radical (unpaired) electrons. The zero-order valence-corrected chi connectivity index (χ0v) is 22.0. The number of halogens is 1. The normalized spacial score (nSPS) is 30.0. The summed E-state index contributed by atoms with van der Waals surface area (Å²) in [6, 6.07) is 7.80. The van der Waals surface area contributed by atoms with Crippen LogP contribution in [0.15, 0.2) is 24.3 Å². The van der Waals surface area contributed by atoms with Gasteiger partial charge in [-0.1, -0.05) is 22.0 Å². The van der Waals surface area contributed by atoms with E-state index in [0.717, 1.165) is 59.5 Å². The Morgan fingerprint density at radius 1 is 1.09 bits per heavy atom. The lowest BCUT2D eigenvalue weighted by Gasteiger charge is -2.60. The van der Waals surface area contributed by atoms with Crippen molar-refractivity contribution in [3.8, 4) is 11.5 Å². The van der Waals surface area contributed by atoms with Gasteiger partial charge in [0.25, 0.3) is 0 Å². The highest BCUT2D eigenvalue weighted by Crippen LogP contribution is 2.65. The Balaban J connectivity index is 1.09. The predicted molar refractivity (Wildman–Crippen MR) is 134 cm³/mol. The van der Waals surface area contributed by atoms with E-state index in [2.05, 4.69) is 20.5 Å². The molecule has 35 heavy (non-hydrogen) atoms. The summed E-state index contributed by atoms with van der Waals surface area (Å²) in [5.74, 6) is 2.57. The second-order valence-corrected chi connectivity index (χ2v) is 13.1. The number of aromatic nitrogens is 1. The Morgan fingerprint density at radius 2 is 1.83 bits per heavy atom. The molecule has 1 aromatic heterocycles. The van der Waals surface area contributed by atoms with E-state index in [0.29, 0.717) is 18.5 Å². The summed E-state index contributed by atoms with van der Waals surface area (Å²) >= 11 is 4.01. The van der Waals surface area contributed by atoms with Crippen LogP contribution in [0.5, 0.6) is 11.5 Å². The van der Waals surface area contributed by atoms with Crippen molar-refractivity contribution in [1.29, 1.82) is 0 Å². The molecule has 0 N–H and O–H groups in total. The monoisotopic (exact) mass is 541 g/mol. The summed E-state index contributed by atoms with van der Waals surface area (Å²) < 4.78 is 18.8. The third-order valence-electron chi connectivity index (χ3n) is 8.65. The van der Waals surface area contributed by atoms with Gasteiger partial charge < -0.3 is 18.8 Å². The van der Waals surface area contributed by atoms with Crippen LogP contribution in [0, 0.1) is 31.1 Å². The number of benzene rings is 1. The SMILES string of the molecule is Cc1cc(C(=O)COC(=O)CC23C[C@H]4C[C@@H](CC(Br)(C4)C2)C3)c(C)n1Cc1ccc2c(c1)OCO2. The maximum Gasteiger partial charge on any atom is 0.306 e. The van der Waals surface area contributed by atoms with E-state index in [9.17, 15) is 9.59 Å². The first-order valence-corrected chi connectivity index (χ1v) is 13.4. The Morgan fingerprint density at radius 3 is 2.57 bits per heavy atom. The Hall–Kier alpha value is -2.28. The highest BCUT2D eigenvalue weighted by Gasteiger charge is 2.57. The first kappa shape index (κ1) is 23.1. The molecule has 1 aromatic carbocycles. The van der Waals surface area contributed by atoms with Crippen LogP contribution in [0.25, 0.3) is 0 Å². The van der Waals surface area contributed by atoms with Crippen molar-refractivity contribution in [3.63, 3.8) is 0 Å². The molecule has 0 saturated heterocycles. The van der Waals surface area contributed by atoms with Crippen LogP contribution >= 0.6 is 15.9 Å². The van der Waals surface area contributed by atoms with Gasteiger partial charge >= 0.3 is 5.97 Å². The zero-order chi connectivity index (χ0) is 24.4. The molecular weight excluding hydrogens is 510 g/mol. The van der Waals surface area contributed by atoms with Crippen molar-refractivity contribution in [2.75, 3.05) is 13.4 Å². The molecule has 6 nitrogen and oxygen atoms in total. The molecule has 4 aliphatic carbocycles. The molecule has 4 bridgehead atoms. The van der Waals surface area contributed by atoms with Gasteiger partial charge in [0, 0.05) is 27.8 Å². The van der Waals surface area contributed by atoms with Crippen molar-refractivity contribution in [1.82, 2.24) is 4.57 Å². The van der Waals surface area contributed by atoms with Gasteiger partial charge in [-0.25, -0.2) is 0 Å². The smallest absolute Gasteiger partial charge is 0.306 e. The van der Waals surface area contributed by atoms with Crippen LogP contribution in [-0.4, -0.2) is 34.0 Å². The van der Waals surface area contributed by atoms with Gasteiger partial charge in [-0.3, -0.25) is 9.59 Å². The summed E-state index contributed by atoms with van der Waals surface area (Å²) in [5.41, 5.74) is 3.61. The van der Waals surface area contributed by atoms with E-state index in [1.54, 1.807) is 0 Å². The van der Waals surface area contributed by atoms with Gasteiger partial charge in [0.15, 0.2) is 18.1 Å². The van der Waals surface area contributed by atoms with E-state index in [-0.39, 0.29) is 34.9 Å². The van der Waals surface area contributed by atoms with Crippen LogP contribution < -0.4 is 9.47 Å². The van der Waals surface area contributed by atoms with Gasteiger partial charge in [-0.15, -0.1) is 0 Å². The van der Waals surface area contributed by atoms with Crippen LogP contribution in [0.1, 0.15) is 72.3 Å². The number of ether oxygens (including phenoxy) is 3. The molecule has 7 heteroatoms. The van der Waals surface area contributed by atoms with E-state index in [1.807, 2.05) is 38.1 Å². The standard InChI is InChI=1S/C28H32BrNO5/c1-17-5-22(18(2)30(17)13-19-3-4-24-25(7-19)35-16-34-24)23(31)14-33-26(32)12-27-8-20-6-21(9-27)11-28(29,10-20)15-27/h3-5,7,20-21H,6,8-16H2,1-2H3/t20-,21-,27?,28?/m1/s1. The summed E-state index contributed by atoms with van der Waals surface area (Å²) in [7, 11) is 0. The molecule has 7 rings (SSSR count). The number of fused-ring (bicyclic) bond motifs is 1. The van der Waals surface area contributed by atoms with Crippen molar-refractivity contribution >= 4 is 27.7 Å². The zero-order valence-electron chi connectivity index (χ0n) is 20.4. The lowest BCUT2D eigenvalue weighted by atomic mass is 9.49. The highest BCUT2D eigenvalue weighted by atomic mass is 79.9. The number of carbonyl (C=O) groups is 2. The van der Waals surface area contributed by atoms with Crippen molar-refractivity contribution < 1.29 is 23.8 Å². The molecule has 2 aromatic rings. The number of carbonyl (C=O) groups excluding carboxylic acids is 2. The summed E-state index contributed by atoms with van der Waals surface area (Å²) in [4.78, 5) is 25.9. The maximum absolute atomic E-state index is 13.0. The van der Waals surface area contributed by atoms with Crippen LogP contribution in [0.4, 0.5) is 0 Å². The number of ketones is 1. The Kier molecular flexibility index (Phi) is 5.55. The Bertz CT molecular complexity index is 1190. The summed E-state index contributed by atoms with van der Waals surface area (Å²) in [5, 5.41) is 0. The molecule has 5 aliphatic rings. The average molecular weight is 542 g/mol. The maximum atomic E-state index is 13.0. The van der Waals surface area contributed by atoms with Gasteiger partial charge in [0.2, 0.25) is 12.6 Å². The first-order valence-electron chi connectivity index (χ1n) is 12.6. The number of aryl methyl sites for hydroxylation is 1. The summed E-state index contributed by atoms with van der Waals surface area (Å²) in [6.45, 7) is 4.61. The topological polar surface area (TPSA) is 66.8 Å². The third-order valence-corrected chi connectivity index (χ3v) is 9.57. The second-order valence-electron chi connectivity index (χ2n) is 11.4. The summed E-state index contributed by atoms with van der Waals surface area (Å²) in [6.07, 6.45) is 7.52. The van der Waals surface area contributed by atoms with E-state index in [4.69, 9.17) is 14.2 Å². The molecule has 1 aliphatic heterocycles. The fraction of sp³-hybridized carbons (Fsp3) is 0.571. The molecule has 186 valence electrons. The molecule has 2 atom stereocenters. The van der Waals surface area contributed by atoms with Crippen molar-refractivity contribution in [2.45, 2.75) is 69.7 Å². The van der Waals surface area contributed by atoms with Gasteiger partial charge in [0.05, 0.1) is 6.42 Å². The van der Waals surface area contributed by atoms with Gasteiger partial charge in [0.1, 0.15) is 0 Å². The van der Waals surface area contributed by atoms with Crippen molar-refractivity contribution in [3.05, 3.63) is 46.8 Å². The fourth-order valence-electron chi connectivity index (χ4n) is 7.67. The fourth-order valence-corrected chi connectivity index (χ4v) is 9.18. The van der Waals surface area contributed by atoms with Crippen LogP contribution in [-0.2, 0) is 16.1 Å². The van der Waals surface area contributed by atoms with E-state index in [1.165, 1.54) is 19.3 Å². The highest BCUT2D eigenvalue weighted by molar-refractivity contribution is 9.10. The molecule has 4 fully saturated rings. The average Bonchev–Trinajstić information content (AvgIpc) is 3.35. The van der Waals surface area contributed by atoms with E-state index >= 15 is 0 Å². The van der Waals surface area contributed by atoms with Gasteiger partial charge in [-0.2, -0.15) is 0 Å². The minimum absolute atomic E-state index is 0.0498. The third kappa shape index (κ3) is 4.30. The number of hydrogen-bond donors (Lipinski definition) is 0. The second kappa shape index (κ2) is 8.39. The quantitative estimate of drug-likeness (QED) is 0.254. The largest absolute Gasteiger partial charge is 0.457 e. The molecule has 0 spiro atoms. The first-order chi connectivity index (χ1) is 16.7. The van der Waals surface area contributed by atoms with E-state index < -0.39 is 0 Å². The molecule has 0 amide bonds. The number of rotatable bonds is 7. The lowest BCUT2D eigenvalue weighted by Crippen LogP contribution is -2.53. The predicted octanol–water partition coefficient (Wildman–Crippen LogP) is 5.73. The van der Waals surface area contributed by atoms with Crippen LogP contribution in [0.3, 0.4) is 0 Å². The molecule has 2 heterocycles. The number of Topliss-reactive ketones (excluding diaryl/α,β-unsaturated/α-hetero) is 1. The van der Waals surface area contributed by atoms with Gasteiger partial charge in [-0.05, 0) is 93.4 Å². The molecule has 4 saturated carbocycles.